The lowest BCUT2D eigenvalue weighted by atomic mass is 10.2. The molecule has 0 atom stereocenters. The van der Waals surface area contributed by atoms with Crippen molar-refractivity contribution in [3.8, 4) is 0 Å². The molecule has 5 nitrogen and oxygen atoms in total. The SMILES string of the molecule is CN(Cc1c(F)cccc1Cl)C(=O)CSc1nnc2c(Cl)cc(C(F)(F)F)cn12. The molecule has 0 N–H and O–H groups in total. The van der Waals surface area contributed by atoms with Gasteiger partial charge >= 0.3 is 6.18 Å². The first-order chi connectivity index (χ1) is 13.6. The molecule has 29 heavy (non-hydrogen) atoms. The van der Waals surface area contributed by atoms with E-state index in [2.05, 4.69) is 10.2 Å². The van der Waals surface area contributed by atoms with E-state index < -0.39 is 23.5 Å². The highest BCUT2D eigenvalue weighted by Gasteiger charge is 2.32. The van der Waals surface area contributed by atoms with E-state index in [1.165, 1.54) is 30.1 Å². The molecule has 0 radical (unpaired) electrons. The zero-order valence-electron chi connectivity index (χ0n) is 14.7. The molecule has 0 unspecified atom stereocenters. The van der Waals surface area contributed by atoms with Gasteiger partial charge in [-0.05, 0) is 18.2 Å². The van der Waals surface area contributed by atoms with Crippen LogP contribution >= 0.6 is 35.0 Å². The van der Waals surface area contributed by atoms with Crippen LogP contribution in [0.25, 0.3) is 5.65 Å². The Morgan fingerprint density at radius 3 is 2.62 bits per heavy atom. The first-order valence-electron chi connectivity index (χ1n) is 7.99. The number of rotatable bonds is 5. The van der Waals surface area contributed by atoms with Crippen molar-refractivity contribution in [2.75, 3.05) is 12.8 Å². The monoisotopic (exact) mass is 466 g/mol. The van der Waals surface area contributed by atoms with Gasteiger partial charge in [0.25, 0.3) is 0 Å². The van der Waals surface area contributed by atoms with Crippen LogP contribution in [0.2, 0.25) is 10.0 Å². The van der Waals surface area contributed by atoms with Crippen molar-refractivity contribution in [1.82, 2.24) is 19.5 Å². The van der Waals surface area contributed by atoms with E-state index >= 15 is 0 Å². The summed E-state index contributed by atoms with van der Waals surface area (Å²) in [5.41, 5.74) is -0.750. The number of hydrogen-bond acceptors (Lipinski definition) is 4. The molecule has 2 heterocycles. The van der Waals surface area contributed by atoms with E-state index in [4.69, 9.17) is 23.2 Å². The Kier molecular flexibility index (Phi) is 6.25. The number of thioether (sulfide) groups is 1. The van der Waals surface area contributed by atoms with Crippen molar-refractivity contribution in [2.24, 2.45) is 0 Å². The number of alkyl halides is 3. The van der Waals surface area contributed by atoms with Crippen molar-refractivity contribution in [3.63, 3.8) is 0 Å². The minimum absolute atomic E-state index is 0.0427. The predicted octanol–water partition coefficient (Wildman–Crippen LogP) is 4.94. The molecular formula is C17H12Cl2F4N4OS. The van der Waals surface area contributed by atoms with Crippen LogP contribution in [-0.2, 0) is 17.5 Å². The number of pyridine rings is 1. The van der Waals surface area contributed by atoms with Gasteiger partial charge in [-0.15, -0.1) is 10.2 Å². The van der Waals surface area contributed by atoms with Crippen molar-refractivity contribution in [1.29, 1.82) is 0 Å². The fourth-order valence-corrected chi connectivity index (χ4v) is 3.75. The number of carbonyl (C=O) groups is 1. The molecule has 0 saturated carbocycles. The Morgan fingerprint density at radius 2 is 1.97 bits per heavy atom. The number of aromatic nitrogens is 3. The highest BCUT2D eigenvalue weighted by molar-refractivity contribution is 7.99. The third-order valence-electron chi connectivity index (χ3n) is 3.96. The highest BCUT2D eigenvalue weighted by Crippen LogP contribution is 2.33. The van der Waals surface area contributed by atoms with Crippen LogP contribution in [-0.4, -0.2) is 38.2 Å². The number of amides is 1. The number of fused-ring (bicyclic) bond motifs is 1. The van der Waals surface area contributed by atoms with Crippen LogP contribution in [0.15, 0.2) is 35.6 Å². The zero-order chi connectivity index (χ0) is 21.3. The molecule has 3 aromatic rings. The molecular weight excluding hydrogens is 455 g/mol. The minimum Gasteiger partial charge on any atom is -0.341 e. The topological polar surface area (TPSA) is 50.5 Å². The molecule has 0 spiro atoms. The molecule has 0 aliphatic heterocycles. The summed E-state index contributed by atoms with van der Waals surface area (Å²) in [5.74, 6) is -1.09. The Hall–Kier alpha value is -2.04. The summed E-state index contributed by atoms with van der Waals surface area (Å²) in [4.78, 5) is 13.6. The summed E-state index contributed by atoms with van der Waals surface area (Å²) in [5, 5.41) is 7.60. The summed E-state index contributed by atoms with van der Waals surface area (Å²) < 4.78 is 54.0. The number of halogens is 6. The van der Waals surface area contributed by atoms with Gasteiger partial charge in [-0.1, -0.05) is 41.0 Å². The molecule has 0 saturated heterocycles. The van der Waals surface area contributed by atoms with Gasteiger partial charge in [0.2, 0.25) is 5.91 Å². The van der Waals surface area contributed by atoms with Gasteiger partial charge in [0.05, 0.1) is 16.3 Å². The van der Waals surface area contributed by atoms with E-state index in [9.17, 15) is 22.4 Å². The summed E-state index contributed by atoms with van der Waals surface area (Å²) >= 11 is 12.7. The van der Waals surface area contributed by atoms with Crippen LogP contribution in [0.4, 0.5) is 17.6 Å². The third-order valence-corrected chi connectivity index (χ3v) is 5.52. The van der Waals surface area contributed by atoms with Gasteiger partial charge in [0, 0.05) is 30.4 Å². The normalized spacial score (nSPS) is 11.8. The lowest BCUT2D eigenvalue weighted by Crippen LogP contribution is -2.28. The van der Waals surface area contributed by atoms with E-state index in [1.54, 1.807) is 0 Å². The Morgan fingerprint density at radius 1 is 1.24 bits per heavy atom. The quantitative estimate of drug-likeness (QED) is 0.394. The fourth-order valence-electron chi connectivity index (χ4n) is 2.43. The first kappa shape index (κ1) is 21.7. The summed E-state index contributed by atoms with van der Waals surface area (Å²) in [6.07, 6.45) is -3.78. The summed E-state index contributed by atoms with van der Waals surface area (Å²) in [7, 11) is 1.46. The summed E-state index contributed by atoms with van der Waals surface area (Å²) in [6, 6.07) is 4.96. The van der Waals surface area contributed by atoms with E-state index in [0.717, 1.165) is 28.4 Å². The van der Waals surface area contributed by atoms with E-state index in [0.29, 0.717) is 0 Å². The molecule has 1 aromatic carbocycles. The van der Waals surface area contributed by atoms with Crippen molar-refractivity contribution < 1.29 is 22.4 Å². The third kappa shape index (κ3) is 4.76. The fraction of sp³-hybridized carbons (Fsp3) is 0.235. The van der Waals surface area contributed by atoms with Gasteiger partial charge in [-0.3, -0.25) is 9.20 Å². The van der Waals surface area contributed by atoms with Gasteiger partial charge in [-0.25, -0.2) is 4.39 Å². The molecule has 0 aliphatic carbocycles. The lowest BCUT2D eigenvalue weighted by Gasteiger charge is -2.18. The minimum atomic E-state index is -4.60. The number of benzene rings is 1. The number of hydrogen-bond donors (Lipinski definition) is 0. The second-order valence-electron chi connectivity index (χ2n) is 5.99. The Balaban J connectivity index is 1.75. The Bertz CT molecular complexity index is 1050. The molecule has 3 rings (SSSR count). The largest absolute Gasteiger partial charge is 0.417 e. The molecule has 1 amide bonds. The maximum Gasteiger partial charge on any atom is 0.417 e. The first-order valence-corrected chi connectivity index (χ1v) is 9.73. The van der Waals surface area contributed by atoms with Gasteiger partial charge in [0.15, 0.2) is 10.8 Å². The smallest absolute Gasteiger partial charge is 0.341 e. The highest BCUT2D eigenvalue weighted by atomic mass is 35.5. The zero-order valence-corrected chi connectivity index (χ0v) is 17.0. The lowest BCUT2D eigenvalue weighted by molar-refractivity contribution is -0.138. The molecule has 154 valence electrons. The standard InChI is InChI=1S/C17H12Cl2F4N4OS/c1-26(7-10-11(18)3-2-4-13(10)20)14(28)8-29-16-25-24-15-12(19)5-9(6-27(15)16)17(21,22)23/h2-6H,7-8H2,1H3. The second kappa shape index (κ2) is 8.37. The molecule has 0 aliphatic rings. The molecule has 12 heteroatoms. The molecule has 0 fully saturated rings. The average molecular weight is 467 g/mol. The van der Waals surface area contributed by atoms with Crippen molar-refractivity contribution in [3.05, 3.63) is 57.5 Å². The molecule has 0 bridgehead atoms. The van der Waals surface area contributed by atoms with Crippen LogP contribution in [0.5, 0.6) is 0 Å². The van der Waals surface area contributed by atoms with Crippen LogP contribution in [0.1, 0.15) is 11.1 Å². The average Bonchev–Trinajstić information content (AvgIpc) is 3.05. The van der Waals surface area contributed by atoms with Crippen LogP contribution in [0, 0.1) is 5.82 Å². The predicted molar refractivity (Wildman–Crippen MR) is 102 cm³/mol. The van der Waals surface area contributed by atoms with E-state index in [-0.39, 0.29) is 38.7 Å². The maximum atomic E-state index is 13.9. The van der Waals surface area contributed by atoms with E-state index in [1.807, 2.05) is 0 Å². The Labute approximate surface area is 176 Å². The number of nitrogens with zero attached hydrogens (tertiary/aromatic N) is 4. The second-order valence-corrected chi connectivity index (χ2v) is 7.75. The molecule has 2 aromatic heterocycles. The maximum absolute atomic E-state index is 13.9. The summed E-state index contributed by atoms with van der Waals surface area (Å²) in [6.45, 7) is -0.0600. The number of carbonyl (C=O) groups excluding carboxylic acids is 1. The van der Waals surface area contributed by atoms with Crippen molar-refractivity contribution >= 4 is 46.5 Å². The van der Waals surface area contributed by atoms with Crippen molar-refractivity contribution in [2.45, 2.75) is 17.9 Å². The van der Waals surface area contributed by atoms with Gasteiger partial charge in [0.1, 0.15) is 5.82 Å². The van der Waals surface area contributed by atoms with Crippen LogP contribution < -0.4 is 0 Å². The van der Waals surface area contributed by atoms with Gasteiger partial charge < -0.3 is 4.90 Å². The van der Waals surface area contributed by atoms with Gasteiger partial charge in [-0.2, -0.15) is 13.2 Å². The van der Waals surface area contributed by atoms with Crippen LogP contribution in [0.3, 0.4) is 0 Å².